The predicted octanol–water partition coefficient (Wildman–Crippen LogP) is 3.10. The van der Waals surface area contributed by atoms with Gasteiger partial charge in [0.25, 0.3) is 0 Å². The fourth-order valence-corrected chi connectivity index (χ4v) is 2.53. The van der Waals surface area contributed by atoms with E-state index < -0.39 is 5.97 Å². The van der Waals surface area contributed by atoms with Gasteiger partial charge in [-0.05, 0) is 59.2 Å². The molecule has 98 valence electrons. The van der Waals surface area contributed by atoms with Crippen molar-refractivity contribution in [2.45, 2.75) is 23.9 Å². The molecule has 0 saturated carbocycles. The van der Waals surface area contributed by atoms with Crippen molar-refractivity contribution in [2.75, 3.05) is 0 Å². The van der Waals surface area contributed by atoms with Crippen molar-refractivity contribution in [2.24, 2.45) is 0 Å². The smallest absolute Gasteiger partial charge is 0.338 e. The number of halogens is 1. The van der Waals surface area contributed by atoms with Gasteiger partial charge in [-0.2, -0.15) is 5.10 Å². The highest BCUT2D eigenvalue weighted by Gasteiger charge is 2.18. The molecule has 7 heteroatoms. The van der Waals surface area contributed by atoms with Crippen LogP contribution in [0.5, 0.6) is 0 Å². The monoisotopic (exact) mass is 339 g/mol. The fourth-order valence-electron chi connectivity index (χ4n) is 1.43. The Morgan fingerprint density at radius 3 is 2.63 bits per heavy atom. The molecule has 0 radical (unpaired) electrons. The summed E-state index contributed by atoms with van der Waals surface area (Å²) in [6.07, 6.45) is 1.65. The summed E-state index contributed by atoms with van der Waals surface area (Å²) in [4.78, 5) is 15.5. The SMILES string of the molecule is Cc1nnc(Sc2ccc(Br)cn2)c(C(=O)O)c1C. The molecule has 0 spiro atoms. The van der Waals surface area contributed by atoms with Gasteiger partial charge in [-0.3, -0.25) is 0 Å². The summed E-state index contributed by atoms with van der Waals surface area (Å²) in [5.41, 5.74) is 1.43. The van der Waals surface area contributed by atoms with Crippen molar-refractivity contribution < 1.29 is 9.90 Å². The summed E-state index contributed by atoms with van der Waals surface area (Å²) in [7, 11) is 0. The number of aryl methyl sites for hydroxylation is 1. The first-order valence-electron chi connectivity index (χ1n) is 5.35. The van der Waals surface area contributed by atoms with E-state index in [4.69, 9.17) is 0 Å². The van der Waals surface area contributed by atoms with Crippen molar-refractivity contribution in [3.63, 3.8) is 0 Å². The molecule has 0 fully saturated rings. The number of rotatable bonds is 3. The highest BCUT2D eigenvalue weighted by molar-refractivity contribution is 9.10. The molecule has 0 unspecified atom stereocenters. The molecule has 0 aliphatic carbocycles. The Hall–Kier alpha value is -1.47. The van der Waals surface area contributed by atoms with Crippen molar-refractivity contribution in [1.29, 1.82) is 0 Å². The largest absolute Gasteiger partial charge is 0.478 e. The lowest BCUT2D eigenvalue weighted by atomic mass is 10.1. The maximum Gasteiger partial charge on any atom is 0.338 e. The number of carboxylic acids is 1. The second-order valence-electron chi connectivity index (χ2n) is 3.81. The van der Waals surface area contributed by atoms with E-state index in [1.54, 1.807) is 26.1 Å². The van der Waals surface area contributed by atoms with Crippen LogP contribution in [0.15, 0.2) is 32.9 Å². The van der Waals surface area contributed by atoms with E-state index in [0.29, 0.717) is 21.3 Å². The van der Waals surface area contributed by atoms with Crippen LogP contribution in [-0.2, 0) is 0 Å². The summed E-state index contributed by atoms with van der Waals surface area (Å²) in [6, 6.07) is 3.63. The topological polar surface area (TPSA) is 76.0 Å². The van der Waals surface area contributed by atoms with E-state index in [0.717, 1.165) is 4.47 Å². The van der Waals surface area contributed by atoms with Gasteiger partial charge in [0.1, 0.15) is 10.1 Å². The molecule has 0 aliphatic rings. The quantitative estimate of drug-likeness (QED) is 0.925. The molecule has 0 aliphatic heterocycles. The molecular weight excluding hydrogens is 330 g/mol. The summed E-state index contributed by atoms with van der Waals surface area (Å²) in [6.45, 7) is 3.47. The number of aromatic nitrogens is 3. The average Bonchev–Trinajstić information content (AvgIpc) is 2.36. The normalized spacial score (nSPS) is 10.5. The Labute approximate surface area is 122 Å². The summed E-state index contributed by atoms with van der Waals surface area (Å²) >= 11 is 4.48. The third kappa shape index (κ3) is 3.10. The van der Waals surface area contributed by atoms with Crippen LogP contribution < -0.4 is 0 Å². The second-order valence-corrected chi connectivity index (χ2v) is 5.74. The lowest BCUT2D eigenvalue weighted by molar-refractivity contribution is 0.0690. The maximum absolute atomic E-state index is 11.3. The number of carbonyl (C=O) groups is 1. The van der Waals surface area contributed by atoms with E-state index in [1.165, 1.54) is 11.8 Å². The Balaban J connectivity index is 2.42. The number of carboxylic acid groups (broad SMARTS) is 1. The molecule has 2 aromatic heterocycles. The van der Waals surface area contributed by atoms with Crippen LogP contribution in [0.1, 0.15) is 21.6 Å². The molecule has 2 heterocycles. The van der Waals surface area contributed by atoms with Crippen LogP contribution in [0.4, 0.5) is 0 Å². The Bertz CT molecular complexity index is 632. The van der Waals surface area contributed by atoms with Gasteiger partial charge in [0.15, 0.2) is 0 Å². The van der Waals surface area contributed by atoms with Gasteiger partial charge < -0.3 is 5.11 Å². The first-order chi connectivity index (χ1) is 8.99. The first-order valence-corrected chi connectivity index (χ1v) is 6.96. The molecule has 0 amide bonds. The van der Waals surface area contributed by atoms with Gasteiger partial charge in [0.05, 0.1) is 11.3 Å². The Kier molecular flexibility index (Phi) is 4.16. The summed E-state index contributed by atoms with van der Waals surface area (Å²) in [5.74, 6) is -1.00. The molecular formula is C12H10BrN3O2S. The highest BCUT2D eigenvalue weighted by atomic mass is 79.9. The minimum atomic E-state index is -1.00. The zero-order valence-electron chi connectivity index (χ0n) is 10.2. The molecule has 5 nitrogen and oxygen atoms in total. The van der Waals surface area contributed by atoms with Crippen molar-refractivity contribution in [1.82, 2.24) is 15.2 Å². The summed E-state index contributed by atoms with van der Waals surface area (Å²) in [5, 5.41) is 18.2. The predicted molar refractivity (Wildman–Crippen MR) is 74.5 cm³/mol. The van der Waals surface area contributed by atoms with Gasteiger partial charge in [-0.25, -0.2) is 9.78 Å². The lowest BCUT2D eigenvalue weighted by Crippen LogP contribution is -2.08. The number of nitrogens with zero attached hydrogens (tertiary/aromatic N) is 3. The van der Waals surface area contributed by atoms with Crippen LogP contribution in [0.3, 0.4) is 0 Å². The maximum atomic E-state index is 11.3. The third-order valence-corrected chi connectivity index (χ3v) is 3.94. The third-order valence-electron chi connectivity index (χ3n) is 2.54. The van der Waals surface area contributed by atoms with Gasteiger partial charge in [0.2, 0.25) is 0 Å². The molecule has 2 aromatic rings. The minimum absolute atomic E-state index is 0.183. The zero-order chi connectivity index (χ0) is 14.0. The number of hydrogen-bond donors (Lipinski definition) is 1. The second kappa shape index (κ2) is 5.66. The fraction of sp³-hybridized carbons (Fsp3) is 0.167. The van der Waals surface area contributed by atoms with Gasteiger partial charge in [0, 0.05) is 10.7 Å². The molecule has 0 atom stereocenters. The molecule has 0 aromatic carbocycles. The van der Waals surface area contributed by atoms with E-state index in [9.17, 15) is 9.90 Å². The Morgan fingerprint density at radius 1 is 1.32 bits per heavy atom. The average molecular weight is 340 g/mol. The van der Waals surface area contributed by atoms with E-state index in [2.05, 4.69) is 31.1 Å². The van der Waals surface area contributed by atoms with Crippen LogP contribution in [0, 0.1) is 13.8 Å². The molecule has 2 rings (SSSR count). The first kappa shape index (κ1) is 14.0. The molecule has 0 bridgehead atoms. The lowest BCUT2D eigenvalue weighted by Gasteiger charge is -2.08. The molecule has 0 saturated heterocycles. The van der Waals surface area contributed by atoms with Crippen molar-refractivity contribution in [3.05, 3.63) is 39.6 Å². The van der Waals surface area contributed by atoms with Gasteiger partial charge in [-0.15, -0.1) is 5.10 Å². The molecule has 1 N–H and O–H groups in total. The van der Waals surface area contributed by atoms with Gasteiger partial charge >= 0.3 is 5.97 Å². The standard InChI is InChI=1S/C12H10BrN3O2S/c1-6-7(2)15-16-11(10(6)12(17)18)19-9-4-3-8(13)5-14-9/h3-5H,1-2H3,(H,17,18). The number of aromatic carboxylic acids is 1. The number of pyridine rings is 1. The van der Waals surface area contributed by atoms with Gasteiger partial charge in [-0.1, -0.05) is 0 Å². The highest BCUT2D eigenvalue weighted by Crippen LogP contribution is 2.29. The minimum Gasteiger partial charge on any atom is -0.478 e. The summed E-state index contributed by atoms with van der Waals surface area (Å²) < 4.78 is 0.862. The van der Waals surface area contributed by atoms with Crippen LogP contribution in [0.25, 0.3) is 0 Å². The van der Waals surface area contributed by atoms with Crippen LogP contribution >= 0.6 is 27.7 Å². The van der Waals surface area contributed by atoms with Crippen molar-refractivity contribution >= 4 is 33.7 Å². The van der Waals surface area contributed by atoms with E-state index in [-0.39, 0.29) is 5.56 Å². The zero-order valence-corrected chi connectivity index (χ0v) is 12.6. The number of hydrogen-bond acceptors (Lipinski definition) is 5. The van der Waals surface area contributed by atoms with E-state index >= 15 is 0 Å². The Morgan fingerprint density at radius 2 is 2.05 bits per heavy atom. The van der Waals surface area contributed by atoms with Crippen LogP contribution in [-0.4, -0.2) is 26.3 Å². The van der Waals surface area contributed by atoms with E-state index in [1.807, 2.05) is 6.07 Å². The molecule has 19 heavy (non-hydrogen) atoms. The van der Waals surface area contributed by atoms with Crippen LogP contribution in [0.2, 0.25) is 0 Å². The van der Waals surface area contributed by atoms with Crippen molar-refractivity contribution in [3.8, 4) is 0 Å².